The molecule has 0 amide bonds. The van der Waals surface area contributed by atoms with Crippen molar-refractivity contribution >= 4 is 11.6 Å². The van der Waals surface area contributed by atoms with Gasteiger partial charge < -0.3 is 14.5 Å². The van der Waals surface area contributed by atoms with Crippen molar-refractivity contribution in [3.05, 3.63) is 68.9 Å². The van der Waals surface area contributed by atoms with Crippen LogP contribution in [0.3, 0.4) is 0 Å². The third-order valence-corrected chi connectivity index (χ3v) is 5.47. The van der Waals surface area contributed by atoms with Gasteiger partial charge in [0.05, 0.1) is 30.5 Å². The van der Waals surface area contributed by atoms with E-state index in [-0.39, 0.29) is 5.56 Å². The monoisotopic (exact) mass is 412 g/mol. The molecular weight excluding hydrogens is 392 g/mol. The van der Waals surface area contributed by atoms with E-state index in [0.717, 1.165) is 23.4 Å². The first-order valence-corrected chi connectivity index (χ1v) is 9.62. The van der Waals surface area contributed by atoms with Gasteiger partial charge in [-0.1, -0.05) is 17.7 Å². The van der Waals surface area contributed by atoms with Crippen LogP contribution in [0.2, 0.25) is 5.02 Å². The Balaban J connectivity index is 1.58. The number of methoxy groups -OCH3 is 2. The number of hydrogen-bond acceptors (Lipinski definition) is 6. The van der Waals surface area contributed by atoms with Gasteiger partial charge in [-0.2, -0.15) is 0 Å². The summed E-state index contributed by atoms with van der Waals surface area (Å²) in [7, 11) is 3.14. The van der Waals surface area contributed by atoms with Gasteiger partial charge in [-0.05, 0) is 23.8 Å². The number of ether oxygens (including phenoxy) is 2. The zero-order chi connectivity index (χ0) is 20.4. The van der Waals surface area contributed by atoms with Crippen molar-refractivity contribution < 1.29 is 9.47 Å². The minimum Gasteiger partial charge on any atom is -0.493 e. The second-order valence-corrected chi connectivity index (χ2v) is 7.19. The van der Waals surface area contributed by atoms with Crippen molar-refractivity contribution in [2.24, 2.45) is 0 Å². The van der Waals surface area contributed by atoms with E-state index in [0.29, 0.717) is 47.4 Å². The smallest absolute Gasteiger partial charge is 0.255 e. The molecule has 0 aliphatic carbocycles. The number of aromatic amines is 1. The van der Waals surface area contributed by atoms with Crippen molar-refractivity contribution in [1.82, 2.24) is 19.9 Å². The number of rotatable bonds is 5. The highest BCUT2D eigenvalue weighted by molar-refractivity contribution is 6.33. The van der Waals surface area contributed by atoms with Gasteiger partial charge >= 0.3 is 0 Å². The van der Waals surface area contributed by atoms with Gasteiger partial charge in [-0.15, -0.1) is 0 Å². The molecule has 0 bridgehead atoms. The maximum Gasteiger partial charge on any atom is 0.255 e. The van der Waals surface area contributed by atoms with Crippen LogP contribution in [0.4, 0.5) is 0 Å². The molecule has 0 radical (unpaired) electrons. The number of H-pyrrole nitrogens is 1. The number of halogens is 1. The third kappa shape index (κ3) is 3.83. The van der Waals surface area contributed by atoms with E-state index in [1.54, 1.807) is 26.6 Å². The Bertz CT molecular complexity index is 1090. The predicted molar refractivity (Wildman–Crippen MR) is 110 cm³/mol. The Hall–Kier alpha value is -2.90. The Labute approximate surface area is 173 Å². The maximum atomic E-state index is 12.7. The molecule has 29 heavy (non-hydrogen) atoms. The highest BCUT2D eigenvalue weighted by atomic mass is 35.5. The highest BCUT2D eigenvalue weighted by Crippen LogP contribution is 2.38. The van der Waals surface area contributed by atoms with Crippen LogP contribution in [-0.2, 0) is 19.5 Å². The lowest BCUT2D eigenvalue weighted by atomic mass is 10.1. The number of pyridine rings is 1. The average molecular weight is 413 g/mol. The van der Waals surface area contributed by atoms with Gasteiger partial charge in [0.1, 0.15) is 5.82 Å². The molecule has 4 rings (SSSR count). The van der Waals surface area contributed by atoms with Crippen LogP contribution in [0, 0.1) is 0 Å². The first kappa shape index (κ1) is 19.4. The summed E-state index contributed by atoms with van der Waals surface area (Å²) in [5, 5.41) is 0.526. The fraction of sp³-hybridized carbons (Fsp3) is 0.286. The normalized spacial score (nSPS) is 13.8. The fourth-order valence-corrected chi connectivity index (χ4v) is 3.85. The summed E-state index contributed by atoms with van der Waals surface area (Å²) in [4.78, 5) is 26.5. The summed E-state index contributed by atoms with van der Waals surface area (Å²) >= 11 is 6.52. The molecule has 3 aromatic rings. The molecule has 1 aliphatic heterocycles. The molecule has 2 aromatic heterocycles. The zero-order valence-corrected chi connectivity index (χ0v) is 17.0. The number of hydrogen-bond donors (Lipinski definition) is 1. The number of benzene rings is 1. The van der Waals surface area contributed by atoms with E-state index in [1.807, 2.05) is 24.3 Å². The van der Waals surface area contributed by atoms with E-state index in [9.17, 15) is 4.79 Å². The molecule has 1 aliphatic rings. The van der Waals surface area contributed by atoms with Gasteiger partial charge in [0, 0.05) is 44.0 Å². The van der Waals surface area contributed by atoms with Crippen molar-refractivity contribution in [2.45, 2.75) is 19.5 Å². The first-order chi connectivity index (χ1) is 14.1. The molecule has 1 N–H and O–H groups in total. The molecule has 0 saturated carbocycles. The summed E-state index contributed by atoms with van der Waals surface area (Å²) in [6.07, 6.45) is 4.06. The van der Waals surface area contributed by atoms with Crippen LogP contribution in [0.1, 0.15) is 16.8 Å². The average Bonchev–Trinajstić information content (AvgIpc) is 2.75. The lowest BCUT2D eigenvalue weighted by Gasteiger charge is -2.28. The Morgan fingerprint density at radius 2 is 1.97 bits per heavy atom. The van der Waals surface area contributed by atoms with Gasteiger partial charge in [-0.25, -0.2) is 4.98 Å². The maximum absolute atomic E-state index is 12.7. The third-order valence-electron chi connectivity index (χ3n) is 5.06. The molecule has 1 aromatic carbocycles. The van der Waals surface area contributed by atoms with Gasteiger partial charge in [-0.3, -0.25) is 14.7 Å². The summed E-state index contributed by atoms with van der Waals surface area (Å²) in [6.45, 7) is 1.90. The van der Waals surface area contributed by atoms with Gasteiger partial charge in [0.15, 0.2) is 11.5 Å². The fourth-order valence-electron chi connectivity index (χ4n) is 3.56. The summed E-state index contributed by atoms with van der Waals surface area (Å²) < 4.78 is 10.7. The summed E-state index contributed by atoms with van der Waals surface area (Å²) in [6, 6.07) is 7.43. The minimum atomic E-state index is -0.107. The molecule has 3 heterocycles. The van der Waals surface area contributed by atoms with Crippen LogP contribution in [0.25, 0.3) is 11.4 Å². The van der Waals surface area contributed by atoms with Crippen LogP contribution in [-0.4, -0.2) is 40.6 Å². The first-order valence-electron chi connectivity index (χ1n) is 9.25. The molecule has 8 heteroatoms. The van der Waals surface area contributed by atoms with E-state index in [4.69, 9.17) is 21.1 Å². The second-order valence-electron chi connectivity index (χ2n) is 6.81. The molecular formula is C21H21ClN4O3. The Morgan fingerprint density at radius 1 is 1.17 bits per heavy atom. The molecule has 0 saturated heterocycles. The van der Waals surface area contributed by atoms with Crippen LogP contribution < -0.4 is 15.0 Å². The van der Waals surface area contributed by atoms with Crippen LogP contribution >= 0.6 is 11.6 Å². The van der Waals surface area contributed by atoms with Crippen molar-refractivity contribution in [3.8, 4) is 22.9 Å². The van der Waals surface area contributed by atoms with Gasteiger partial charge in [0.2, 0.25) is 0 Å². The summed E-state index contributed by atoms with van der Waals surface area (Å²) in [5.41, 5.74) is 3.20. The topological polar surface area (TPSA) is 80.3 Å². The predicted octanol–water partition coefficient (Wildman–Crippen LogP) is 3.06. The molecule has 150 valence electrons. The molecule has 0 atom stereocenters. The quantitative estimate of drug-likeness (QED) is 0.693. The lowest BCUT2D eigenvalue weighted by molar-refractivity contribution is 0.241. The Morgan fingerprint density at radius 3 is 2.69 bits per heavy atom. The summed E-state index contributed by atoms with van der Waals surface area (Å²) in [5.74, 6) is 1.69. The SMILES string of the molecule is COc1ccc(CN2CCc3nc(-c4ccncc4)[nH]c(=O)c3C2)c(Cl)c1OC. The van der Waals surface area contributed by atoms with E-state index < -0.39 is 0 Å². The van der Waals surface area contributed by atoms with Crippen molar-refractivity contribution in [1.29, 1.82) is 0 Å². The number of aromatic nitrogens is 3. The van der Waals surface area contributed by atoms with E-state index in [1.165, 1.54) is 0 Å². The number of fused-ring (bicyclic) bond motifs is 1. The van der Waals surface area contributed by atoms with Crippen LogP contribution in [0.15, 0.2) is 41.5 Å². The Kier molecular flexibility index (Phi) is 5.51. The van der Waals surface area contributed by atoms with Crippen molar-refractivity contribution in [3.63, 3.8) is 0 Å². The molecule has 0 unspecified atom stereocenters. The van der Waals surface area contributed by atoms with Gasteiger partial charge in [0.25, 0.3) is 5.56 Å². The number of nitrogens with one attached hydrogen (secondary N) is 1. The standard InChI is InChI=1S/C21H21ClN4O3/c1-28-17-4-3-14(18(22)19(17)29-2)11-26-10-7-16-15(12-26)21(27)25-20(24-16)13-5-8-23-9-6-13/h3-6,8-9H,7,10-12H2,1-2H3,(H,24,25,27). The van der Waals surface area contributed by atoms with E-state index >= 15 is 0 Å². The zero-order valence-electron chi connectivity index (χ0n) is 16.2. The van der Waals surface area contributed by atoms with Crippen molar-refractivity contribution in [2.75, 3.05) is 20.8 Å². The second kappa shape index (κ2) is 8.23. The highest BCUT2D eigenvalue weighted by Gasteiger charge is 2.23. The number of nitrogens with zero attached hydrogens (tertiary/aromatic N) is 3. The van der Waals surface area contributed by atoms with Crippen LogP contribution in [0.5, 0.6) is 11.5 Å². The lowest BCUT2D eigenvalue weighted by Crippen LogP contribution is -2.35. The van der Waals surface area contributed by atoms with E-state index in [2.05, 4.69) is 19.9 Å². The largest absolute Gasteiger partial charge is 0.493 e. The molecule has 0 fully saturated rings. The molecule has 0 spiro atoms. The molecule has 7 nitrogen and oxygen atoms in total. The minimum absolute atomic E-state index is 0.107.